The van der Waals surface area contributed by atoms with E-state index in [1.54, 1.807) is 43.3 Å². The number of nitrogens with one attached hydrogen (secondary N) is 2. The lowest BCUT2D eigenvalue weighted by atomic mass is 10.1. The SMILES string of the molecule is CC(=NNC(=O)C(=O)Nc1cccc(C(F)(F)F)c1)c1ccc(OCc2ccc(Cl)cc2)cc1. The van der Waals surface area contributed by atoms with Gasteiger partial charge in [-0.3, -0.25) is 9.59 Å². The Kier molecular flexibility index (Phi) is 7.91. The molecule has 0 spiro atoms. The monoisotopic (exact) mass is 489 g/mol. The molecule has 3 rings (SSSR count). The van der Waals surface area contributed by atoms with Gasteiger partial charge < -0.3 is 10.1 Å². The topological polar surface area (TPSA) is 79.8 Å². The number of amides is 2. The fourth-order valence-electron chi connectivity index (χ4n) is 2.75. The van der Waals surface area contributed by atoms with E-state index in [4.69, 9.17) is 16.3 Å². The molecular weight excluding hydrogens is 471 g/mol. The van der Waals surface area contributed by atoms with E-state index in [-0.39, 0.29) is 5.69 Å². The number of hydrazone groups is 1. The van der Waals surface area contributed by atoms with Crippen LogP contribution in [0.5, 0.6) is 5.75 Å². The van der Waals surface area contributed by atoms with Gasteiger partial charge in [-0.2, -0.15) is 18.3 Å². The summed E-state index contributed by atoms with van der Waals surface area (Å²) in [7, 11) is 0. The summed E-state index contributed by atoms with van der Waals surface area (Å²) >= 11 is 5.86. The maximum atomic E-state index is 12.8. The minimum atomic E-state index is -4.57. The molecule has 0 heterocycles. The summed E-state index contributed by atoms with van der Waals surface area (Å²) in [5, 5.41) is 6.62. The Balaban J connectivity index is 1.54. The van der Waals surface area contributed by atoms with Crippen molar-refractivity contribution in [3.8, 4) is 5.75 Å². The first-order valence-electron chi connectivity index (χ1n) is 9.92. The van der Waals surface area contributed by atoms with Crippen molar-refractivity contribution in [2.45, 2.75) is 19.7 Å². The first-order valence-corrected chi connectivity index (χ1v) is 10.3. The molecule has 0 bridgehead atoms. The molecule has 2 amide bonds. The molecule has 2 N–H and O–H groups in total. The Morgan fingerprint density at radius 2 is 1.65 bits per heavy atom. The number of hydrogen-bond acceptors (Lipinski definition) is 4. The number of anilines is 1. The molecule has 0 fully saturated rings. The van der Waals surface area contributed by atoms with Gasteiger partial charge in [0.2, 0.25) is 0 Å². The van der Waals surface area contributed by atoms with E-state index in [9.17, 15) is 22.8 Å². The van der Waals surface area contributed by atoms with E-state index < -0.39 is 23.6 Å². The molecule has 0 aliphatic rings. The predicted molar refractivity (Wildman–Crippen MR) is 123 cm³/mol. The van der Waals surface area contributed by atoms with Crippen LogP contribution in [0, 0.1) is 0 Å². The number of carbonyl (C=O) groups is 2. The Labute approximate surface area is 198 Å². The quantitative estimate of drug-likeness (QED) is 0.276. The van der Waals surface area contributed by atoms with Gasteiger partial charge in [0.15, 0.2) is 0 Å². The molecule has 3 aromatic carbocycles. The fraction of sp³-hybridized carbons (Fsp3) is 0.125. The zero-order chi connectivity index (χ0) is 24.7. The molecule has 0 unspecified atom stereocenters. The van der Waals surface area contributed by atoms with E-state index >= 15 is 0 Å². The van der Waals surface area contributed by atoms with Gasteiger partial charge in [-0.1, -0.05) is 29.8 Å². The van der Waals surface area contributed by atoms with Crippen LogP contribution in [0.3, 0.4) is 0 Å². The molecule has 0 radical (unpaired) electrons. The Morgan fingerprint density at radius 3 is 2.29 bits per heavy atom. The van der Waals surface area contributed by atoms with Crippen LogP contribution in [0.25, 0.3) is 0 Å². The van der Waals surface area contributed by atoms with E-state index in [0.29, 0.717) is 28.7 Å². The molecule has 6 nitrogen and oxygen atoms in total. The molecule has 0 aromatic heterocycles. The largest absolute Gasteiger partial charge is 0.489 e. The lowest BCUT2D eigenvalue weighted by molar-refractivity contribution is -0.137. The maximum Gasteiger partial charge on any atom is 0.416 e. The van der Waals surface area contributed by atoms with Crippen molar-refractivity contribution in [3.63, 3.8) is 0 Å². The highest BCUT2D eigenvalue weighted by Gasteiger charge is 2.30. The molecule has 0 aliphatic carbocycles. The minimum absolute atomic E-state index is 0.162. The van der Waals surface area contributed by atoms with Crippen LogP contribution in [0.15, 0.2) is 77.9 Å². The van der Waals surface area contributed by atoms with Gasteiger partial charge in [0.1, 0.15) is 12.4 Å². The van der Waals surface area contributed by atoms with Crippen molar-refractivity contribution in [2.24, 2.45) is 5.10 Å². The number of benzene rings is 3. The third-order valence-corrected chi connectivity index (χ3v) is 4.82. The average molecular weight is 490 g/mol. The molecule has 0 saturated heterocycles. The average Bonchev–Trinajstić information content (AvgIpc) is 2.82. The van der Waals surface area contributed by atoms with Crippen LogP contribution >= 0.6 is 11.6 Å². The van der Waals surface area contributed by atoms with Crippen LogP contribution in [-0.4, -0.2) is 17.5 Å². The van der Waals surface area contributed by atoms with Crippen molar-refractivity contribution in [1.82, 2.24) is 5.43 Å². The Hall–Kier alpha value is -3.85. The van der Waals surface area contributed by atoms with Crippen LogP contribution in [0.4, 0.5) is 18.9 Å². The van der Waals surface area contributed by atoms with Crippen molar-refractivity contribution in [2.75, 3.05) is 5.32 Å². The minimum Gasteiger partial charge on any atom is -0.489 e. The van der Waals surface area contributed by atoms with Crippen molar-refractivity contribution in [3.05, 3.63) is 94.5 Å². The number of ether oxygens (including phenoxy) is 1. The molecule has 0 saturated carbocycles. The van der Waals surface area contributed by atoms with Gasteiger partial charge in [-0.05, 0) is 72.6 Å². The summed E-state index contributed by atoms with van der Waals surface area (Å²) in [6.07, 6.45) is -4.57. The summed E-state index contributed by atoms with van der Waals surface area (Å²) in [5.41, 5.74) is 3.00. The molecular formula is C24H19ClF3N3O3. The van der Waals surface area contributed by atoms with Crippen molar-refractivity contribution >= 4 is 34.8 Å². The first kappa shape index (κ1) is 24.8. The number of alkyl halides is 3. The van der Waals surface area contributed by atoms with Gasteiger partial charge in [-0.15, -0.1) is 0 Å². The number of hydrogen-bond donors (Lipinski definition) is 2. The van der Waals surface area contributed by atoms with E-state index in [2.05, 4.69) is 15.8 Å². The highest BCUT2D eigenvalue weighted by Crippen LogP contribution is 2.30. The van der Waals surface area contributed by atoms with Gasteiger partial charge in [-0.25, -0.2) is 5.43 Å². The summed E-state index contributed by atoms with van der Waals surface area (Å²) in [5.74, 6) is -1.66. The highest BCUT2D eigenvalue weighted by atomic mass is 35.5. The lowest BCUT2D eigenvalue weighted by Crippen LogP contribution is -2.33. The van der Waals surface area contributed by atoms with E-state index in [1.165, 1.54) is 6.07 Å². The van der Waals surface area contributed by atoms with Gasteiger partial charge in [0, 0.05) is 10.7 Å². The predicted octanol–water partition coefficient (Wildman–Crippen LogP) is 5.42. The summed E-state index contributed by atoms with van der Waals surface area (Å²) in [6, 6.07) is 18.1. The second kappa shape index (κ2) is 10.8. The fourth-order valence-corrected chi connectivity index (χ4v) is 2.88. The van der Waals surface area contributed by atoms with Crippen LogP contribution in [0.1, 0.15) is 23.6 Å². The number of halogens is 4. The number of rotatable bonds is 6. The zero-order valence-electron chi connectivity index (χ0n) is 17.8. The maximum absolute atomic E-state index is 12.8. The van der Waals surface area contributed by atoms with E-state index in [0.717, 1.165) is 23.8 Å². The third kappa shape index (κ3) is 7.08. The molecule has 176 valence electrons. The van der Waals surface area contributed by atoms with Gasteiger partial charge >= 0.3 is 18.0 Å². The first-order chi connectivity index (χ1) is 16.1. The summed E-state index contributed by atoms with van der Waals surface area (Å²) < 4.78 is 44.0. The molecule has 10 heteroatoms. The van der Waals surface area contributed by atoms with Gasteiger partial charge in [0.25, 0.3) is 0 Å². The van der Waals surface area contributed by atoms with Crippen LogP contribution in [0.2, 0.25) is 5.02 Å². The van der Waals surface area contributed by atoms with Crippen molar-refractivity contribution < 1.29 is 27.5 Å². The Morgan fingerprint density at radius 1 is 0.971 bits per heavy atom. The second-order valence-electron chi connectivity index (χ2n) is 7.11. The third-order valence-electron chi connectivity index (χ3n) is 4.57. The highest BCUT2D eigenvalue weighted by molar-refractivity contribution is 6.39. The standard InChI is InChI=1S/C24H19ClF3N3O3/c1-15(17-7-11-21(12-8-17)34-14-16-5-9-19(25)10-6-16)30-31-23(33)22(32)29-20-4-2-3-18(13-20)24(26,27)28/h2-13H,14H2,1H3,(H,29,32)(H,31,33). The number of carbonyl (C=O) groups excluding carboxylic acids is 2. The smallest absolute Gasteiger partial charge is 0.416 e. The molecule has 0 aliphatic heterocycles. The van der Waals surface area contributed by atoms with Crippen LogP contribution in [-0.2, 0) is 22.4 Å². The number of nitrogens with zero attached hydrogens (tertiary/aromatic N) is 1. The van der Waals surface area contributed by atoms with Gasteiger partial charge in [0.05, 0.1) is 11.3 Å². The molecule has 0 atom stereocenters. The normalized spacial score (nSPS) is 11.6. The molecule has 34 heavy (non-hydrogen) atoms. The second-order valence-corrected chi connectivity index (χ2v) is 7.55. The van der Waals surface area contributed by atoms with E-state index in [1.807, 2.05) is 12.1 Å². The van der Waals surface area contributed by atoms with Crippen molar-refractivity contribution in [1.29, 1.82) is 0 Å². The lowest BCUT2D eigenvalue weighted by Gasteiger charge is -2.09. The zero-order valence-corrected chi connectivity index (χ0v) is 18.6. The summed E-state index contributed by atoms with van der Waals surface area (Å²) in [6.45, 7) is 1.98. The Bertz CT molecular complexity index is 1190. The molecule has 3 aromatic rings. The van der Waals surface area contributed by atoms with Crippen LogP contribution < -0.4 is 15.5 Å². The summed E-state index contributed by atoms with van der Waals surface area (Å²) in [4.78, 5) is 24.0.